The summed E-state index contributed by atoms with van der Waals surface area (Å²) in [5.74, 6) is 1.35. The maximum atomic E-state index is 11.8. The molecular formula is C21H40N6O. The van der Waals surface area contributed by atoms with Crippen molar-refractivity contribution in [3.8, 4) is 0 Å². The van der Waals surface area contributed by atoms with Crippen LogP contribution in [0.25, 0.3) is 0 Å². The highest BCUT2D eigenvalue weighted by Crippen LogP contribution is 2.31. The maximum Gasteiger partial charge on any atom is 0.223 e. The smallest absolute Gasteiger partial charge is 0.223 e. The second kappa shape index (κ2) is 10.4. The van der Waals surface area contributed by atoms with Gasteiger partial charge < -0.3 is 20.9 Å². The molecule has 2 aliphatic heterocycles. The standard InChI is InChI=1S/C21H40N6O/c1-3-22-20(24-12-11-23-19(28)18-7-8-18)25-17-21(9-15-26(2)16-10-21)27-13-5-4-6-14-27/h18H,3-17H2,1-2H3,(H,23,28)(H2,22,24,25). The average Bonchev–Trinajstić information content (AvgIpc) is 3.57. The van der Waals surface area contributed by atoms with Crippen LogP contribution in [0.15, 0.2) is 4.99 Å². The van der Waals surface area contributed by atoms with Crippen LogP contribution in [0.4, 0.5) is 0 Å². The number of piperidine rings is 2. The summed E-state index contributed by atoms with van der Waals surface area (Å²) >= 11 is 0. The molecule has 3 aliphatic rings. The van der Waals surface area contributed by atoms with Crippen molar-refractivity contribution in [1.82, 2.24) is 25.8 Å². The molecule has 3 N–H and O–H groups in total. The summed E-state index contributed by atoms with van der Waals surface area (Å²) in [6.07, 6.45) is 8.51. The number of hydrogen-bond donors (Lipinski definition) is 3. The van der Waals surface area contributed by atoms with E-state index in [1.165, 1.54) is 45.2 Å². The number of likely N-dealkylation sites (tertiary alicyclic amines) is 2. The highest BCUT2D eigenvalue weighted by Gasteiger charge is 2.39. The Bertz CT molecular complexity index is 519. The van der Waals surface area contributed by atoms with E-state index in [9.17, 15) is 4.79 Å². The van der Waals surface area contributed by atoms with Gasteiger partial charge in [-0.2, -0.15) is 0 Å². The van der Waals surface area contributed by atoms with Gasteiger partial charge in [0.25, 0.3) is 0 Å². The number of rotatable bonds is 8. The maximum absolute atomic E-state index is 11.8. The van der Waals surface area contributed by atoms with E-state index >= 15 is 0 Å². The Balaban J connectivity index is 1.54. The third-order valence-corrected chi connectivity index (χ3v) is 6.49. The van der Waals surface area contributed by atoms with Crippen molar-refractivity contribution in [1.29, 1.82) is 0 Å². The first-order valence-corrected chi connectivity index (χ1v) is 11.4. The Morgan fingerprint density at radius 2 is 1.68 bits per heavy atom. The molecule has 0 aromatic rings. The van der Waals surface area contributed by atoms with Gasteiger partial charge in [0.05, 0.1) is 6.54 Å². The zero-order valence-electron chi connectivity index (χ0n) is 17.9. The van der Waals surface area contributed by atoms with E-state index < -0.39 is 0 Å². The third-order valence-electron chi connectivity index (χ3n) is 6.49. The molecule has 1 saturated carbocycles. The van der Waals surface area contributed by atoms with Crippen LogP contribution >= 0.6 is 0 Å². The summed E-state index contributed by atoms with van der Waals surface area (Å²) in [7, 11) is 2.23. The Hall–Kier alpha value is -1.34. The van der Waals surface area contributed by atoms with E-state index in [2.05, 4.69) is 39.7 Å². The number of guanidine groups is 1. The lowest BCUT2D eigenvalue weighted by atomic mass is 9.84. The fourth-order valence-corrected chi connectivity index (χ4v) is 4.40. The lowest BCUT2D eigenvalue weighted by molar-refractivity contribution is -0.122. The number of amides is 1. The van der Waals surface area contributed by atoms with Gasteiger partial charge in [-0.15, -0.1) is 0 Å². The zero-order valence-corrected chi connectivity index (χ0v) is 17.9. The van der Waals surface area contributed by atoms with Crippen molar-refractivity contribution in [3.63, 3.8) is 0 Å². The van der Waals surface area contributed by atoms with Crippen LogP contribution in [0.2, 0.25) is 0 Å². The molecule has 0 aromatic heterocycles. The van der Waals surface area contributed by atoms with E-state index in [1.807, 2.05) is 0 Å². The monoisotopic (exact) mass is 392 g/mol. The number of nitrogens with one attached hydrogen (secondary N) is 3. The van der Waals surface area contributed by atoms with Crippen molar-refractivity contribution >= 4 is 11.9 Å². The minimum absolute atomic E-state index is 0.204. The van der Waals surface area contributed by atoms with Crippen LogP contribution in [-0.4, -0.2) is 86.6 Å². The molecule has 2 saturated heterocycles. The van der Waals surface area contributed by atoms with Gasteiger partial charge in [-0.25, -0.2) is 0 Å². The van der Waals surface area contributed by atoms with Crippen molar-refractivity contribution in [2.24, 2.45) is 10.9 Å². The molecule has 3 rings (SSSR count). The van der Waals surface area contributed by atoms with Crippen molar-refractivity contribution < 1.29 is 4.79 Å². The second-order valence-electron chi connectivity index (χ2n) is 8.76. The first-order chi connectivity index (χ1) is 13.6. The van der Waals surface area contributed by atoms with Crippen LogP contribution < -0.4 is 16.0 Å². The average molecular weight is 393 g/mol. The second-order valence-corrected chi connectivity index (χ2v) is 8.76. The number of carbonyl (C=O) groups excluding carboxylic acids is 1. The van der Waals surface area contributed by atoms with Crippen molar-refractivity contribution in [2.45, 2.75) is 57.4 Å². The van der Waals surface area contributed by atoms with Gasteiger partial charge >= 0.3 is 0 Å². The number of hydrogen-bond acceptors (Lipinski definition) is 4. The molecule has 28 heavy (non-hydrogen) atoms. The number of carbonyl (C=O) groups is 1. The lowest BCUT2D eigenvalue weighted by Gasteiger charge is -2.49. The fourth-order valence-electron chi connectivity index (χ4n) is 4.40. The Labute approximate surface area is 170 Å². The Morgan fingerprint density at radius 3 is 2.32 bits per heavy atom. The quantitative estimate of drug-likeness (QED) is 0.327. The van der Waals surface area contributed by atoms with Crippen LogP contribution in [0.3, 0.4) is 0 Å². The highest BCUT2D eigenvalue weighted by atomic mass is 16.2. The van der Waals surface area contributed by atoms with Gasteiger partial charge in [0, 0.05) is 31.1 Å². The number of nitrogens with zero attached hydrogens (tertiary/aromatic N) is 3. The minimum Gasteiger partial charge on any atom is -0.357 e. The SMILES string of the molecule is CCNC(=NCC1(N2CCCCC2)CCN(C)CC1)NCCNC(=O)C1CC1. The summed E-state index contributed by atoms with van der Waals surface area (Å²) in [5, 5.41) is 9.78. The molecule has 0 bridgehead atoms. The van der Waals surface area contributed by atoms with Crippen LogP contribution in [0, 0.1) is 5.92 Å². The number of aliphatic imine (C=N–C) groups is 1. The molecule has 0 radical (unpaired) electrons. The lowest BCUT2D eigenvalue weighted by Crippen LogP contribution is -2.58. The zero-order chi connectivity index (χ0) is 19.8. The molecule has 7 nitrogen and oxygen atoms in total. The predicted octanol–water partition coefficient (Wildman–Crippen LogP) is 1.02. The molecule has 1 amide bonds. The van der Waals surface area contributed by atoms with Gasteiger partial charge in [0.15, 0.2) is 5.96 Å². The molecule has 0 unspecified atom stereocenters. The van der Waals surface area contributed by atoms with Crippen LogP contribution in [0.5, 0.6) is 0 Å². The van der Waals surface area contributed by atoms with E-state index in [0.29, 0.717) is 13.1 Å². The topological polar surface area (TPSA) is 72.0 Å². The molecule has 1 aliphatic carbocycles. The van der Waals surface area contributed by atoms with E-state index in [-0.39, 0.29) is 17.4 Å². The summed E-state index contributed by atoms with van der Waals surface area (Å²) in [6.45, 7) is 9.91. The van der Waals surface area contributed by atoms with E-state index in [0.717, 1.165) is 45.0 Å². The van der Waals surface area contributed by atoms with E-state index in [4.69, 9.17) is 4.99 Å². The normalized spacial score (nSPS) is 24.0. The molecule has 0 atom stereocenters. The molecule has 0 aromatic carbocycles. The first-order valence-electron chi connectivity index (χ1n) is 11.4. The highest BCUT2D eigenvalue weighted by molar-refractivity contribution is 5.81. The summed E-state index contributed by atoms with van der Waals surface area (Å²) in [6, 6.07) is 0. The van der Waals surface area contributed by atoms with Gasteiger partial charge in [0.1, 0.15) is 0 Å². The van der Waals surface area contributed by atoms with Gasteiger partial charge in [0.2, 0.25) is 5.91 Å². The Kier molecular flexibility index (Phi) is 7.97. The summed E-state index contributed by atoms with van der Waals surface area (Å²) in [5.41, 5.74) is 0.204. The van der Waals surface area contributed by atoms with Crippen molar-refractivity contribution in [2.75, 3.05) is 59.4 Å². The molecule has 3 fully saturated rings. The molecule has 0 spiro atoms. The van der Waals surface area contributed by atoms with Gasteiger partial charge in [-0.05, 0) is 78.7 Å². The molecule has 2 heterocycles. The van der Waals surface area contributed by atoms with Gasteiger partial charge in [-0.1, -0.05) is 6.42 Å². The molecule has 160 valence electrons. The Morgan fingerprint density at radius 1 is 1.00 bits per heavy atom. The van der Waals surface area contributed by atoms with Gasteiger partial charge in [-0.3, -0.25) is 14.7 Å². The fraction of sp³-hybridized carbons (Fsp3) is 0.905. The van der Waals surface area contributed by atoms with Crippen LogP contribution in [-0.2, 0) is 4.79 Å². The third kappa shape index (κ3) is 6.08. The largest absolute Gasteiger partial charge is 0.357 e. The molecular weight excluding hydrogens is 352 g/mol. The van der Waals surface area contributed by atoms with E-state index in [1.54, 1.807) is 0 Å². The molecule has 7 heteroatoms. The predicted molar refractivity (Wildman–Crippen MR) is 115 cm³/mol. The minimum atomic E-state index is 0.204. The summed E-state index contributed by atoms with van der Waals surface area (Å²) in [4.78, 5) is 21.9. The first kappa shape index (κ1) is 21.4. The van der Waals surface area contributed by atoms with Crippen LogP contribution in [0.1, 0.15) is 51.9 Å². The van der Waals surface area contributed by atoms with Crippen molar-refractivity contribution in [3.05, 3.63) is 0 Å². The summed E-state index contributed by atoms with van der Waals surface area (Å²) < 4.78 is 0.